The topological polar surface area (TPSA) is 46.9 Å². The lowest BCUT2D eigenvalue weighted by molar-refractivity contribution is 0.0935. The molecule has 0 saturated carbocycles. The summed E-state index contributed by atoms with van der Waals surface area (Å²) >= 11 is 5.95. The minimum absolute atomic E-state index is 0.180. The summed E-state index contributed by atoms with van der Waals surface area (Å²) in [5.41, 5.74) is 4.24. The maximum atomic E-state index is 13.2. The molecule has 3 aromatic carbocycles. The van der Waals surface area contributed by atoms with E-state index in [4.69, 9.17) is 11.6 Å². The second-order valence-electron chi connectivity index (χ2n) is 7.19. The number of halogens is 2. The van der Waals surface area contributed by atoms with Crippen LogP contribution in [0.3, 0.4) is 0 Å². The minimum atomic E-state index is -0.292. The molecule has 0 aliphatic rings. The first kappa shape index (κ1) is 20.1. The van der Waals surface area contributed by atoms with Crippen molar-refractivity contribution in [1.82, 2.24) is 14.9 Å². The van der Waals surface area contributed by atoms with E-state index in [0.717, 1.165) is 22.2 Å². The van der Waals surface area contributed by atoms with Crippen molar-refractivity contribution in [2.75, 3.05) is 0 Å². The van der Waals surface area contributed by atoms with Crippen LogP contribution in [0.1, 0.15) is 40.9 Å². The molecule has 152 valence electrons. The van der Waals surface area contributed by atoms with Crippen molar-refractivity contribution in [1.29, 1.82) is 0 Å². The lowest BCUT2D eigenvalue weighted by Crippen LogP contribution is -2.28. The third kappa shape index (κ3) is 4.36. The highest BCUT2D eigenvalue weighted by atomic mass is 35.5. The molecule has 0 aliphatic heterocycles. The molecule has 4 rings (SSSR count). The molecule has 0 spiro atoms. The van der Waals surface area contributed by atoms with Crippen LogP contribution in [0.2, 0.25) is 5.02 Å². The zero-order valence-electron chi connectivity index (χ0n) is 16.5. The van der Waals surface area contributed by atoms with Crippen molar-refractivity contribution in [2.45, 2.75) is 25.9 Å². The number of aromatic nitrogens is 2. The van der Waals surface area contributed by atoms with Gasteiger partial charge in [0.25, 0.3) is 5.91 Å². The molecule has 1 amide bonds. The van der Waals surface area contributed by atoms with Crippen LogP contribution in [0.25, 0.3) is 11.0 Å². The van der Waals surface area contributed by atoms with Crippen molar-refractivity contribution in [3.05, 3.63) is 101 Å². The van der Waals surface area contributed by atoms with Gasteiger partial charge < -0.3 is 9.88 Å². The highest BCUT2D eigenvalue weighted by Gasteiger charge is 2.15. The first-order chi connectivity index (χ1) is 14.5. The highest BCUT2D eigenvalue weighted by molar-refractivity contribution is 6.30. The van der Waals surface area contributed by atoms with Gasteiger partial charge in [0.15, 0.2) is 0 Å². The van der Waals surface area contributed by atoms with Gasteiger partial charge in [-0.05, 0) is 60.0 Å². The number of imidazole rings is 1. The average Bonchev–Trinajstić information content (AvgIpc) is 3.16. The predicted molar refractivity (Wildman–Crippen MR) is 117 cm³/mol. The van der Waals surface area contributed by atoms with Gasteiger partial charge >= 0.3 is 0 Å². The summed E-state index contributed by atoms with van der Waals surface area (Å²) in [5.74, 6) is -0.472. The van der Waals surface area contributed by atoms with Crippen LogP contribution in [-0.2, 0) is 6.54 Å². The van der Waals surface area contributed by atoms with Gasteiger partial charge in [0.1, 0.15) is 5.82 Å². The number of fused-ring (bicyclic) bond motifs is 1. The molecule has 1 aromatic heterocycles. The highest BCUT2D eigenvalue weighted by Crippen LogP contribution is 2.20. The van der Waals surface area contributed by atoms with Crippen LogP contribution < -0.4 is 5.32 Å². The van der Waals surface area contributed by atoms with Crippen LogP contribution in [0, 0.1) is 5.82 Å². The Kier molecular flexibility index (Phi) is 5.81. The summed E-state index contributed by atoms with van der Waals surface area (Å²) < 4.78 is 15.2. The number of hydrogen-bond acceptors (Lipinski definition) is 2. The van der Waals surface area contributed by atoms with Gasteiger partial charge in [0, 0.05) is 17.1 Å². The molecule has 0 saturated heterocycles. The van der Waals surface area contributed by atoms with Gasteiger partial charge in [-0.25, -0.2) is 9.37 Å². The van der Waals surface area contributed by atoms with E-state index in [2.05, 4.69) is 10.3 Å². The molecule has 0 aliphatic carbocycles. The monoisotopic (exact) mass is 421 g/mol. The Morgan fingerprint density at radius 3 is 2.53 bits per heavy atom. The Balaban J connectivity index is 1.52. The average molecular weight is 422 g/mol. The van der Waals surface area contributed by atoms with Crippen molar-refractivity contribution in [2.24, 2.45) is 0 Å². The molecule has 6 heteroatoms. The number of rotatable bonds is 6. The van der Waals surface area contributed by atoms with Crippen LogP contribution in [-0.4, -0.2) is 15.5 Å². The molecule has 1 N–H and O–H groups in total. The number of carbonyl (C=O) groups is 1. The molecule has 1 heterocycles. The zero-order chi connectivity index (χ0) is 21.1. The second-order valence-corrected chi connectivity index (χ2v) is 7.62. The van der Waals surface area contributed by atoms with Crippen LogP contribution in [0.15, 0.2) is 73.1 Å². The lowest BCUT2D eigenvalue weighted by atomic mass is 10.0. The molecular formula is C24H21ClFN3O. The fourth-order valence-electron chi connectivity index (χ4n) is 3.48. The Morgan fingerprint density at radius 1 is 1.10 bits per heavy atom. The van der Waals surface area contributed by atoms with E-state index in [0.29, 0.717) is 23.6 Å². The number of nitrogens with one attached hydrogen (secondary N) is 1. The Bertz CT molecular complexity index is 1170. The smallest absolute Gasteiger partial charge is 0.251 e. The first-order valence-electron chi connectivity index (χ1n) is 9.79. The Hall–Kier alpha value is -3.18. The molecule has 0 bridgehead atoms. The standard InChI is InChI=1S/C24H21ClFN3O/c1-2-21(17-5-10-20(26)11-6-17)28-24(30)18-7-12-23-22(13-18)27-15-29(23)14-16-3-8-19(25)9-4-16/h3-13,15,21H,2,14H2,1H3,(H,28,30). The third-order valence-corrected chi connectivity index (χ3v) is 5.39. The molecule has 1 unspecified atom stereocenters. The fraction of sp³-hybridized carbons (Fsp3) is 0.167. The van der Waals surface area contributed by atoms with Crippen molar-refractivity contribution in [3.63, 3.8) is 0 Å². The maximum absolute atomic E-state index is 13.2. The normalized spacial score (nSPS) is 12.1. The summed E-state index contributed by atoms with van der Waals surface area (Å²) in [6.07, 6.45) is 2.48. The number of nitrogens with zero attached hydrogens (tertiary/aromatic N) is 2. The van der Waals surface area contributed by atoms with Gasteiger partial charge in [-0.1, -0.05) is 42.8 Å². The van der Waals surface area contributed by atoms with Crippen LogP contribution in [0.5, 0.6) is 0 Å². The first-order valence-corrected chi connectivity index (χ1v) is 10.2. The predicted octanol–water partition coefficient (Wildman–Crippen LogP) is 5.76. The SMILES string of the molecule is CCC(NC(=O)c1ccc2c(c1)ncn2Cc1ccc(Cl)cc1)c1ccc(F)cc1. The second kappa shape index (κ2) is 8.67. The van der Waals surface area contributed by atoms with Gasteiger partial charge in [0.2, 0.25) is 0 Å². The molecule has 1 atom stereocenters. The number of amides is 1. The van der Waals surface area contributed by atoms with E-state index in [1.807, 2.05) is 41.8 Å². The summed E-state index contributed by atoms with van der Waals surface area (Å²) in [6.45, 7) is 2.65. The summed E-state index contributed by atoms with van der Waals surface area (Å²) in [6, 6.07) is 19.2. The van der Waals surface area contributed by atoms with Crippen molar-refractivity contribution < 1.29 is 9.18 Å². The number of carbonyl (C=O) groups excluding carboxylic acids is 1. The van der Waals surface area contributed by atoms with Crippen molar-refractivity contribution >= 4 is 28.5 Å². The van der Waals surface area contributed by atoms with E-state index in [-0.39, 0.29) is 17.8 Å². The number of hydrogen-bond donors (Lipinski definition) is 1. The molecule has 0 fully saturated rings. The Labute approximate surface area is 179 Å². The summed E-state index contributed by atoms with van der Waals surface area (Å²) in [4.78, 5) is 17.3. The quantitative estimate of drug-likeness (QED) is 0.430. The Morgan fingerprint density at radius 2 is 1.83 bits per heavy atom. The van der Waals surface area contributed by atoms with E-state index in [1.54, 1.807) is 30.6 Å². The summed E-state index contributed by atoms with van der Waals surface area (Å²) in [7, 11) is 0. The molecular weight excluding hydrogens is 401 g/mol. The lowest BCUT2D eigenvalue weighted by Gasteiger charge is -2.17. The third-order valence-electron chi connectivity index (χ3n) is 5.14. The fourth-order valence-corrected chi connectivity index (χ4v) is 3.60. The molecule has 4 aromatic rings. The van der Waals surface area contributed by atoms with E-state index < -0.39 is 0 Å². The molecule has 0 radical (unpaired) electrons. The van der Waals surface area contributed by atoms with E-state index in [9.17, 15) is 9.18 Å². The summed E-state index contributed by atoms with van der Waals surface area (Å²) in [5, 5.41) is 3.73. The van der Waals surface area contributed by atoms with Gasteiger partial charge in [-0.2, -0.15) is 0 Å². The van der Waals surface area contributed by atoms with E-state index >= 15 is 0 Å². The number of benzene rings is 3. The van der Waals surface area contributed by atoms with E-state index in [1.165, 1.54) is 12.1 Å². The molecule has 30 heavy (non-hydrogen) atoms. The zero-order valence-corrected chi connectivity index (χ0v) is 17.2. The maximum Gasteiger partial charge on any atom is 0.251 e. The molecule has 4 nitrogen and oxygen atoms in total. The minimum Gasteiger partial charge on any atom is -0.345 e. The van der Waals surface area contributed by atoms with Crippen molar-refractivity contribution in [3.8, 4) is 0 Å². The van der Waals surface area contributed by atoms with Crippen LogP contribution >= 0.6 is 11.6 Å². The van der Waals surface area contributed by atoms with Crippen LogP contribution in [0.4, 0.5) is 4.39 Å². The van der Waals surface area contributed by atoms with Gasteiger partial charge in [-0.15, -0.1) is 0 Å². The van der Waals surface area contributed by atoms with Gasteiger partial charge in [-0.3, -0.25) is 4.79 Å². The largest absolute Gasteiger partial charge is 0.345 e. The van der Waals surface area contributed by atoms with Gasteiger partial charge in [0.05, 0.1) is 23.4 Å².